The predicted molar refractivity (Wildman–Crippen MR) is 111 cm³/mol. The van der Waals surface area contributed by atoms with Gasteiger partial charge in [-0.3, -0.25) is 9.59 Å². The summed E-state index contributed by atoms with van der Waals surface area (Å²) in [7, 11) is 0. The van der Waals surface area contributed by atoms with Gasteiger partial charge < -0.3 is 15.1 Å². The van der Waals surface area contributed by atoms with Gasteiger partial charge in [-0.2, -0.15) is 0 Å². The highest BCUT2D eigenvalue weighted by atomic mass is 16.2. The molecule has 2 aliphatic heterocycles. The van der Waals surface area contributed by atoms with Crippen LogP contribution in [-0.2, 0) is 22.7 Å². The van der Waals surface area contributed by atoms with E-state index in [2.05, 4.69) is 21.3 Å². The van der Waals surface area contributed by atoms with Crippen LogP contribution in [0, 0.1) is 11.8 Å². The first-order chi connectivity index (χ1) is 14.2. The molecule has 6 heteroatoms. The first-order valence-corrected chi connectivity index (χ1v) is 10.6. The van der Waals surface area contributed by atoms with Crippen LogP contribution in [-0.4, -0.2) is 34.8 Å². The van der Waals surface area contributed by atoms with Gasteiger partial charge in [-0.25, -0.2) is 4.98 Å². The van der Waals surface area contributed by atoms with Crippen molar-refractivity contribution >= 4 is 23.3 Å². The molecule has 1 aromatic heterocycles. The summed E-state index contributed by atoms with van der Waals surface area (Å²) >= 11 is 0. The van der Waals surface area contributed by atoms with Crippen molar-refractivity contribution < 1.29 is 9.59 Å². The number of anilines is 2. The Bertz CT molecular complexity index is 918. The molecule has 1 saturated carbocycles. The lowest BCUT2D eigenvalue weighted by molar-refractivity contribution is -0.135. The summed E-state index contributed by atoms with van der Waals surface area (Å²) in [5, 5.41) is 3.17. The number of carbonyl (C=O) groups excluding carboxylic acids is 2. The van der Waals surface area contributed by atoms with Crippen molar-refractivity contribution in [3.05, 3.63) is 53.7 Å². The Kier molecular flexibility index (Phi) is 4.70. The molecule has 0 unspecified atom stereocenters. The van der Waals surface area contributed by atoms with Gasteiger partial charge >= 0.3 is 0 Å². The van der Waals surface area contributed by atoms with E-state index in [0.717, 1.165) is 50.3 Å². The topological polar surface area (TPSA) is 65.5 Å². The number of nitrogens with zero attached hydrogens (tertiary/aromatic N) is 3. The molecule has 1 N–H and O–H groups in total. The van der Waals surface area contributed by atoms with E-state index in [1.54, 1.807) is 6.20 Å². The maximum Gasteiger partial charge on any atom is 0.227 e. The molecule has 3 heterocycles. The van der Waals surface area contributed by atoms with Crippen molar-refractivity contribution in [2.45, 2.75) is 38.8 Å². The molecule has 6 nitrogen and oxygen atoms in total. The number of carbonyl (C=O) groups is 2. The zero-order chi connectivity index (χ0) is 19.8. The van der Waals surface area contributed by atoms with E-state index in [-0.39, 0.29) is 17.7 Å². The summed E-state index contributed by atoms with van der Waals surface area (Å²) in [5.74, 6) is 1.55. The fraction of sp³-hybridized carbons (Fsp3) is 0.435. The average molecular weight is 390 g/mol. The maximum absolute atomic E-state index is 12.9. The SMILES string of the molecule is O=C(Nc1cccc2c1CN(c1ccccn1)C2)C1CCN(C(=O)C2CC2)CC1. The summed E-state index contributed by atoms with van der Waals surface area (Å²) < 4.78 is 0. The molecule has 5 rings (SSSR count). The molecule has 0 spiro atoms. The Labute approximate surface area is 170 Å². The third kappa shape index (κ3) is 3.71. The van der Waals surface area contributed by atoms with Gasteiger partial charge in [-0.05, 0) is 55.0 Å². The minimum absolute atomic E-state index is 0.0256. The number of hydrogen-bond donors (Lipinski definition) is 1. The second-order valence-electron chi connectivity index (χ2n) is 8.35. The van der Waals surface area contributed by atoms with Gasteiger partial charge in [0.05, 0.1) is 0 Å². The van der Waals surface area contributed by atoms with E-state index < -0.39 is 0 Å². The predicted octanol–water partition coefficient (Wildman–Crippen LogP) is 3.19. The van der Waals surface area contributed by atoms with E-state index in [1.165, 1.54) is 11.1 Å². The molecule has 29 heavy (non-hydrogen) atoms. The third-order valence-electron chi connectivity index (χ3n) is 6.32. The fourth-order valence-corrected chi connectivity index (χ4v) is 4.43. The quantitative estimate of drug-likeness (QED) is 0.871. The molecule has 0 radical (unpaired) electrons. The lowest BCUT2D eigenvalue weighted by Crippen LogP contribution is -2.42. The zero-order valence-corrected chi connectivity index (χ0v) is 16.5. The lowest BCUT2D eigenvalue weighted by Gasteiger charge is -2.31. The standard InChI is InChI=1S/C23H26N4O2/c28-22(16-9-12-26(13-10-16)23(29)17-7-8-17)25-20-5-3-4-18-14-27(15-19(18)20)21-6-1-2-11-24-21/h1-6,11,16-17H,7-10,12-15H2,(H,25,28). The highest BCUT2D eigenvalue weighted by Gasteiger charge is 2.36. The molecule has 1 aliphatic carbocycles. The number of fused-ring (bicyclic) bond motifs is 1. The molecular weight excluding hydrogens is 364 g/mol. The van der Waals surface area contributed by atoms with Gasteiger partial charge in [0.15, 0.2) is 0 Å². The molecular formula is C23H26N4O2. The van der Waals surface area contributed by atoms with Gasteiger partial charge in [0.25, 0.3) is 0 Å². The van der Waals surface area contributed by atoms with Gasteiger partial charge in [0.2, 0.25) is 11.8 Å². The molecule has 2 aromatic rings. The fourth-order valence-electron chi connectivity index (χ4n) is 4.43. The molecule has 2 amide bonds. The Hall–Kier alpha value is -2.89. The summed E-state index contributed by atoms with van der Waals surface area (Å²) in [5.41, 5.74) is 3.31. The summed E-state index contributed by atoms with van der Waals surface area (Å²) in [6.45, 7) is 2.95. The third-order valence-corrected chi connectivity index (χ3v) is 6.32. The van der Waals surface area contributed by atoms with Crippen LogP contribution in [0.1, 0.15) is 36.8 Å². The second kappa shape index (κ2) is 7.50. The molecule has 1 aromatic carbocycles. The van der Waals surface area contributed by atoms with Crippen molar-refractivity contribution in [3.63, 3.8) is 0 Å². The largest absolute Gasteiger partial charge is 0.348 e. The highest BCUT2D eigenvalue weighted by molar-refractivity contribution is 5.94. The van der Waals surface area contributed by atoms with Crippen LogP contribution >= 0.6 is 0 Å². The van der Waals surface area contributed by atoms with Crippen LogP contribution < -0.4 is 10.2 Å². The van der Waals surface area contributed by atoms with Crippen LogP contribution in [0.15, 0.2) is 42.6 Å². The Balaban J connectivity index is 1.23. The van der Waals surface area contributed by atoms with E-state index >= 15 is 0 Å². The molecule has 1 saturated heterocycles. The first kappa shape index (κ1) is 18.2. The van der Waals surface area contributed by atoms with Gasteiger partial charge in [0.1, 0.15) is 5.82 Å². The van der Waals surface area contributed by atoms with Crippen molar-refractivity contribution in [3.8, 4) is 0 Å². The monoisotopic (exact) mass is 390 g/mol. The van der Waals surface area contributed by atoms with Crippen LogP contribution in [0.3, 0.4) is 0 Å². The van der Waals surface area contributed by atoms with Crippen molar-refractivity contribution in [2.24, 2.45) is 11.8 Å². The number of pyridine rings is 1. The number of benzene rings is 1. The molecule has 0 atom stereocenters. The summed E-state index contributed by atoms with van der Waals surface area (Å²) in [6, 6.07) is 12.0. The number of rotatable bonds is 4. The normalized spacial score (nSPS) is 19.2. The van der Waals surface area contributed by atoms with Crippen LogP contribution in [0.2, 0.25) is 0 Å². The number of hydrogen-bond acceptors (Lipinski definition) is 4. The first-order valence-electron chi connectivity index (χ1n) is 10.6. The maximum atomic E-state index is 12.9. The minimum Gasteiger partial charge on any atom is -0.348 e. The van der Waals surface area contributed by atoms with E-state index in [1.807, 2.05) is 35.2 Å². The minimum atomic E-state index is -0.0256. The number of likely N-dealkylation sites (tertiary alicyclic amines) is 1. The van der Waals surface area contributed by atoms with Gasteiger partial charge in [-0.1, -0.05) is 18.2 Å². The second-order valence-corrected chi connectivity index (χ2v) is 8.35. The Morgan fingerprint density at radius 2 is 1.76 bits per heavy atom. The van der Waals surface area contributed by atoms with E-state index in [4.69, 9.17) is 0 Å². The molecule has 3 aliphatic rings. The average Bonchev–Trinajstić information content (AvgIpc) is 3.52. The van der Waals surface area contributed by atoms with Gasteiger partial charge in [-0.15, -0.1) is 0 Å². The van der Waals surface area contributed by atoms with E-state index in [9.17, 15) is 9.59 Å². The summed E-state index contributed by atoms with van der Waals surface area (Å²) in [4.78, 5) is 33.7. The van der Waals surface area contributed by atoms with Crippen molar-refractivity contribution in [1.82, 2.24) is 9.88 Å². The number of piperidine rings is 1. The lowest BCUT2D eigenvalue weighted by atomic mass is 9.95. The number of amides is 2. The Morgan fingerprint density at radius 3 is 2.48 bits per heavy atom. The molecule has 150 valence electrons. The van der Waals surface area contributed by atoms with Crippen LogP contribution in [0.4, 0.5) is 11.5 Å². The van der Waals surface area contributed by atoms with Crippen molar-refractivity contribution in [1.29, 1.82) is 0 Å². The molecule has 0 bridgehead atoms. The van der Waals surface area contributed by atoms with Gasteiger partial charge in [0, 0.05) is 49.9 Å². The smallest absolute Gasteiger partial charge is 0.227 e. The van der Waals surface area contributed by atoms with E-state index in [0.29, 0.717) is 19.0 Å². The highest BCUT2D eigenvalue weighted by Crippen LogP contribution is 2.34. The molecule has 2 fully saturated rings. The zero-order valence-electron chi connectivity index (χ0n) is 16.5. The number of aromatic nitrogens is 1. The summed E-state index contributed by atoms with van der Waals surface area (Å²) in [6.07, 6.45) is 5.38. The number of nitrogens with one attached hydrogen (secondary N) is 1. The van der Waals surface area contributed by atoms with Crippen molar-refractivity contribution in [2.75, 3.05) is 23.3 Å². The van der Waals surface area contributed by atoms with Crippen LogP contribution in [0.5, 0.6) is 0 Å². The Morgan fingerprint density at radius 1 is 0.931 bits per heavy atom. The van der Waals surface area contributed by atoms with Crippen LogP contribution in [0.25, 0.3) is 0 Å².